The van der Waals surface area contributed by atoms with Gasteiger partial charge in [-0.15, -0.1) is 0 Å². The number of halogens is 3. The van der Waals surface area contributed by atoms with Gasteiger partial charge in [-0.1, -0.05) is 76.9 Å². The van der Waals surface area contributed by atoms with Crippen LogP contribution >= 0.6 is 23.2 Å². The second-order valence-corrected chi connectivity index (χ2v) is 12.3. The summed E-state index contributed by atoms with van der Waals surface area (Å²) < 4.78 is 19.4. The predicted octanol–water partition coefficient (Wildman–Crippen LogP) is 7.73. The van der Waals surface area contributed by atoms with Crippen molar-refractivity contribution in [2.75, 3.05) is 10.2 Å². The second kappa shape index (κ2) is 10.7. The highest BCUT2D eigenvalue weighted by atomic mass is 35.5. The van der Waals surface area contributed by atoms with Crippen LogP contribution in [0, 0.1) is 5.82 Å². The summed E-state index contributed by atoms with van der Waals surface area (Å²) >= 11 is 12.0. The fourth-order valence-electron chi connectivity index (χ4n) is 4.13. The molecule has 0 atom stereocenters. The molecule has 0 saturated carbocycles. The molecule has 3 aromatic carbocycles. The number of hydrogen-bond acceptors (Lipinski definition) is 5. The number of imide groups is 1. The van der Waals surface area contributed by atoms with E-state index >= 15 is 0 Å². The molecule has 3 aromatic rings. The first-order valence-electron chi connectivity index (χ1n) is 12.6. The summed E-state index contributed by atoms with van der Waals surface area (Å²) in [5.74, 6) is -2.24. The number of benzene rings is 3. The highest BCUT2D eigenvalue weighted by molar-refractivity contribution is 6.53. The molecule has 1 N–H and O–H groups in total. The van der Waals surface area contributed by atoms with E-state index < -0.39 is 23.6 Å². The average molecular weight is 583 g/mol. The molecular weight excluding hydrogens is 554 g/mol. The fourth-order valence-corrected chi connectivity index (χ4v) is 4.52. The van der Waals surface area contributed by atoms with Crippen molar-refractivity contribution in [1.82, 2.24) is 0 Å². The second-order valence-electron chi connectivity index (χ2n) is 11.5. The van der Waals surface area contributed by atoms with Crippen molar-refractivity contribution in [3.8, 4) is 5.75 Å². The maximum Gasteiger partial charge on any atom is 0.343 e. The molecule has 0 radical (unpaired) electrons. The lowest BCUT2D eigenvalue weighted by Gasteiger charge is -2.26. The Labute approximate surface area is 242 Å². The first-order chi connectivity index (χ1) is 18.6. The van der Waals surface area contributed by atoms with Crippen molar-refractivity contribution < 1.29 is 23.5 Å². The minimum atomic E-state index is -0.774. The predicted molar refractivity (Wildman–Crippen MR) is 156 cm³/mol. The Morgan fingerprint density at radius 3 is 2.08 bits per heavy atom. The summed E-state index contributed by atoms with van der Waals surface area (Å²) in [7, 11) is 0. The topological polar surface area (TPSA) is 75.7 Å². The van der Waals surface area contributed by atoms with E-state index in [0.717, 1.165) is 22.1 Å². The summed E-state index contributed by atoms with van der Waals surface area (Å²) in [5, 5.41) is 2.27. The zero-order valence-electron chi connectivity index (χ0n) is 23.0. The van der Waals surface area contributed by atoms with Gasteiger partial charge in [-0.25, -0.2) is 14.1 Å². The Hall–Kier alpha value is -3.68. The minimum absolute atomic E-state index is 0.0574. The van der Waals surface area contributed by atoms with E-state index in [1.54, 1.807) is 12.1 Å². The van der Waals surface area contributed by atoms with Crippen molar-refractivity contribution in [3.05, 3.63) is 98.9 Å². The summed E-state index contributed by atoms with van der Waals surface area (Å²) in [5.41, 5.74) is 2.38. The number of nitrogens with one attached hydrogen (secondary N) is 1. The zero-order valence-corrected chi connectivity index (χ0v) is 24.5. The summed E-state index contributed by atoms with van der Waals surface area (Å²) in [6.07, 6.45) is 0. The van der Waals surface area contributed by atoms with Crippen molar-refractivity contribution >= 4 is 52.4 Å². The van der Waals surface area contributed by atoms with Gasteiger partial charge < -0.3 is 10.1 Å². The maximum atomic E-state index is 13.6. The number of nitrogens with zero attached hydrogens (tertiary/aromatic N) is 1. The van der Waals surface area contributed by atoms with Gasteiger partial charge in [0.1, 0.15) is 22.3 Å². The van der Waals surface area contributed by atoms with Gasteiger partial charge >= 0.3 is 5.97 Å². The van der Waals surface area contributed by atoms with Gasteiger partial charge in [0.05, 0.1) is 16.3 Å². The van der Waals surface area contributed by atoms with Gasteiger partial charge in [0.2, 0.25) is 0 Å². The molecule has 4 rings (SSSR count). The number of amides is 2. The third-order valence-electron chi connectivity index (χ3n) is 6.43. The molecule has 0 aromatic heterocycles. The molecule has 0 saturated heterocycles. The minimum Gasteiger partial charge on any atom is -0.423 e. The van der Waals surface area contributed by atoms with Crippen LogP contribution in [0.15, 0.2) is 71.4 Å². The Bertz CT molecular complexity index is 1550. The van der Waals surface area contributed by atoms with Gasteiger partial charge in [-0.2, -0.15) is 0 Å². The van der Waals surface area contributed by atoms with E-state index in [-0.39, 0.29) is 32.3 Å². The number of esters is 1. The van der Waals surface area contributed by atoms with E-state index in [1.807, 2.05) is 12.1 Å². The molecule has 0 unspecified atom stereocenters. The van der Waals surface area contributed by atoms with Gasteiger partial charge in [0.15, 0.2) is 0 Å². The molecular formula is C31H29Cl2FN2O4. The summed E-state index contributed by atoms with van der Waals surface area (Å²) in [4.78, 5) is 39.5. The van der Waals surface area contributed by atoms with E-state index in [9.17, 15) is 18.8 Å². The largest absolute Gasteiger partial charge is 0.423 e. The lowest BCUT2D eigenvalue weighted by molar-refractivity contribution is -0.120. The quantitative estimate of drug-likeness (QED) is 0.189. The summed E-state index contributed by atoms with van der Waals surface area (Å²) in [6, 6.07) is 15.6. The molecule has 1 heterocycles. The average Bonchev–Trinajstić information content (AvgIpc) is 3.08. The van der Waals surface area contributed by atoms with E-state index in [2.05, 4.69) is 52.9 Å². The van der Waals surface area contributed by atoms with Crippen LogP contribution < -0.4 is 15.0 Å². The van der Waals surface area contributed by atoms with Crippen molar-refractivity contribution in [1.29, 1.82) is 0 Å². The highest BCUT2D eigenvalue weighted by Gasteiger charge is 2.39. The Morgan fingerprint density at radius 1 is 0.850 bits per heavy atom. The van der Waals surface area contributed by atoms with E-state index in [1.165, 1.54) is 24.3 Å². The van der Waals surface area contributed by atoms with Crippen LogP contribution in [0.1, 0.15) is 63.0 Å². The molecule has 9 heteroatoms. The first-order valence-corrected chi connectivity index (χ1v) is 13.3. The van der Waals surface area contributed by atoms with Crippen LogP contribution in [-0.4, -0.2) is 17.8 Å². The Balaban J connectivity index is 1.51. The highest BCUT2D eigenvalue weighted by Crippen LogP contribution is 2.36. The number of carbonyl (C=O) groups excluding carboxylic acids is 3. The van der Waals surface area contributed by atoms with Crippen LogP contribution in [0.3, 0.4) is 0 Å². The van der Waals surface area contributed by atoms with Gasteiger partial charge in [-0.3, -0.25) is 9.59 Å². The maximum absolute atomic E-state index is 13.6. The van der Waals surface area contributed by atoms with Crippen LogP contribution in [0.25, 0.3) is 0 Å². The van der Waals surface area contributed by atoms with Gasteiger partial charge in [0.25, 0.3) is 11.8 Å². The molecule has 208 valence electrons. The molecule has 0 fully saturated rings. The standard InChI is InChI=1S/C31H29Cl2FN2O4/c1-30(2,3)18-9-14-24(21(15-18)31(4,5)6)40-29(39)17-7-10-19(11-8-17)35-26-25(33)27(37)36(28(26)38)20-12-13-23(34)22(32)16-20/h7-16,35H,1-6H3. The first kappa shape index (κ1) is 29.3. The van der Waals surface area contributed by atoms with Crippen molar-refractivity contribution in [2.45, 2.75) is 52.4 Å². The Kier molecular flexibility index (Phi) is 7.85. The van der Waals surface area contributed by atoms with Crippen molar-refractivity contribution in [3.63, 3.8) is 0 Å². The number of hydrogen-bond donors (Lipinski definition) is 1. The van der Waals surface area contributed by atoms with Gasteiger partial charge in [0, 0.05) is 11.3 Å². The number of ether oxygens (including phenoxy) is 1. The zero-order chi connectivity index (χ0) is 29.6. The molecule has 2 amide bonds. The molecule has 0 bridgehead atoms. The van der Waals surface area contributed by atoms with Crippen LogP contribution in [0.5, 0.6) is 5.75 Å². The lowest BCUT2D eigenvalue weighted by Crippen LogP contribution is -2.32. The van der Waals surface area contributed by atoms with Crippen LogP contribution in [0.2, 0.25) is 5.02 Å². The summed E-state index contributed by atoms with van der Waals surface area (Å²) in [6.45, 7) is 12.6. The molecule has 0 aliphatic carbocycles. The number of rotatable bonds is 5. The molecule has 6 nitrogen and oxygen atoms in total. The molecule has 0 spiro atoms. The van der Waals surface area contributed by atoms with E-state index in [0.29, 0.717) is 17.0 Å². The monoisotopic (exact) mass is 582 g/mol. The third-order valence-corrected chi connectivity index (χ3v) is 7.08. The Morgan fingerprint density at radius 2 is 1.50 bits per heavy atom. The SMILES string of the molecule is CC(C)(C)c1ccc(OC(=O)c2ccc(NC3=C(Cl)C(=O)N(c4ccc(F)c(Cl)c4)C3=O)cc2)c(C(C)(C)C)c1. The molecule has 1 aliphatic heterocycles. The number of anilines is 2. The number of carbonyl (C=O) groups is 3. The van der Waals surface area contributed by atoms with E-state index in [4.69, 9.17) is 27.9 Å². The molecule has 1 aliphatic rings. The van der Waals surface area contributed by atoms with Crippen LogP contribution in [0.4, 0.5) is 15.8 Å². The fraction of sp³-hybridized carbons (Fsp3) is 0.258. The van der Waals surface area contributed by atoms with Crippen molar-refractivity contribution in [2.24, 2.45) is 0 Å². The van der Waals surface area contributed by atoms with Gasteiger partial charge in [-0.05, 0) is 64.9 Å². The molecule has 40 heavy (non-hydrogen) atoms. The third kappa shape index (κ3) is 5.91. The van der Waals surface area contributed by atoms with Crippen LogP contribution in [-0.2, 0) is 20.4 Å². The normalized spacial score (nSPS) is 14.2. The smallest absolute Gasteiger partial charge is 0.343 e. The lowest BCUT2D eigenvalue weighted by atomic mass is 9.80.